The molecule has 1 aliphatic heterocycles. The van der Waals surface area contributed by atoms with Crippen molar-refractivity contribution >= 4 is 22.4 Å². The van der Waals surface area contributed by atoms with E-state index >= 15 is 0 Å². The summed E-state index contributed by atoms with van der Waals surface area (Å²) in [5, 5.41) is 3.19. The van der Waals surface area contributed by atoms with E-state index in [1.54, 1.807) is 0 Å². The zero-order valence-electron chi connectivity index (χ0n) is 12.6. The molecule has 1 aromatic heterocycles. The van der Waals surface area contributed by atoms with Crippen LogP contribution in [0.2, 0.25) is 0 Å². The minimum absolute atomic E-state index is 0. The maximum absolute atomic E-state index is 12.6. The molecule has 1 saturated heterocycles. The Morgan fingerprint density at radius 3 is 2.39 bits per heavy atom. The van der Waals surface area contributed by atoms with Crippen molar-refractivity contribution in [3.63, 3.8) is 0 Å². The summed E-state index contributed by atoms with van der Waals surface area (Å²) in [6.45, 7) is 2.51. The van der Waals surface area contributed by atoms with E-state index in [-0.39, 0.29) is 17.3 Å². The lowest BCUT2D eigenvalue weighted by Crippen LogP contribution is -2.34. The Morgan fingerprint density at radius 2 is 1.70 bits per heavy atom. The fourth-order valence-corrected chi connectivity index (χ4v) is 3.77. The molecule has 2 heterocycles. The van der Waals surface area contributed by atoms with Crippen LogP contribution in [0, 0.1) is 0 Å². The maximum atomic E-state index is 12.6. The van der Waals surface area contributed by atoms with E-state index in [4.69, 9.17) is 0 Å². The molecule has 0 amide bonds. The van der Waals surface area contributed by atoms with Gasteiger partial charge in [0.05, 0.1) is 12.4 Å². The van der Waals surface area contributed by atoms with Crippen LogP contribution in [-0.2, 0) is 10.0 Å². The Bertz CT molecular complexity index is 715. The summed E-state index contributed by atoms with van der Waals surface area (Å²) >= 11 is 0. The lowest BCUT2D eigenvalue weighted by molar-refractivity contribution is 0.431. The predicted molar refractivity (Wildman–Crippen MR) is 91.0 cm³/mol. The molecule has 1 aliphatic rings. The normalized spacial score (nSPS) is 16.3. The van der Waals surface area contributed by atoms with Crippen LogP contribution in [0.3, 0.4) is 0 Å². The molecule has 3 rings (SSSR count). The molecule has 23 heavy (non-hydrogen) atoms. The highest BCUT2D eigenvalue weighted by Crippen LogP contribution is 2.18. The third-order valence-electron chi connectivity index (χ3n) is 3.60. The fraction of sp³-hybridized carbons (Fsp3) is 0.333. The van der Waals surface area contributed by atoms with Crippen molar-refractivity contribution in [2.24, 2.45) is 0 Å². The van der Waals surface area contributed by atoms with Crippen LogP contribution in [-0.4, -0.2) is 48.9 Å². The van der Waals surface area contributed by atoms with Crippen molar-refractivity contribution in [1.29, 1.82) is 0 Å². The van der Waals surface area contributed by atoms with Crippen molar-refractivity contribution in [2.45, 2.75) is 11.3 Å². The average Bonchev–Trinajstić information content (AvgIpc) is 2.86. The first-order valence-corrected chi connectivity index (χ1v) is 8.70. The van der Waals surface area contributed by atoms with E-state index in [2.05, 4.69) is 15.3 Å². The largest absolute Gasteiger partial charge is 0.315 e. The van der Waals surface area contributed by atoms with Crippen LogP contribution >= 0.6 is 12.4 Å². The van der Waals surface area contributed by atoms with Gasteiger partial charge in [0.15, 0.2) is 5.82 Å². The summed E-state index contributed by atoms with van der Waals surface area (Å²) in [4.78, 5) is 8.55. The van der Waals surface area contributed by atoms with Gasteiger partial charge in [-0.3, -0.25) is 0 Å². The molecule has 0 atom stereocenters. The molecule has 2 aromatic rings. The second-order valence-electron chi connectivity index (χ2n) is 5.12. The molecule has 0 spiro atoms. The van der Waals surface area contributed by atoms with Crippen molar-refractivity contribution in [3.8, 4) is 11.4 Å². The Balaban J connectivity index is 0.00000192. The molecule has 1 aromatic carbocycles. The molecule has 8 heteroatoms. The Hall–Kier alpha value is -1.54. The highest BCUT2D eigenvalue weighted by atomic mass is 35.5. The number of benzene rings is 1. The van der Waals surface area contributed by atoms with Gasteiger partial charge in [-0.05, 0) is 13.0 Å². The highest BCUT2D eigenvalue weighted by molar-refractivity contribution is 7.89. The minimum Gasteiger partial charge on any atom is -0.315 e. The lowest BCUT2D eigenvalue weighted by atomic mass is 10.2. The molecule has 1 fully saturated rings. The first-order valence-electron chi connectivity index (χ1n) is 7.26. The van der Waals surface area contributed by atoms with E-state index in [1.807, 2.05) is 30.3 Å². The average molecular weight is 355 g/mol. The first-order chi connectivity index (χ1) is 10.7. The lowest BCUT2D eigenvalue weighted by Gasteiger charge is -2.19. The second kappa shape index (κ2) is 7.83. The highest BCUT2D eigenvalue weighted by Gasteiger charge is 2.25. The smallest absolute Gasteiger partial charge is 0.246 e. The van der Waals surface area contributed by atoms with Gasteiger partial charge in [-0.25, -0.2) is 18.4 Å². The molecule has 0 unspecified atom stereocenters. The van der Waals surface area contributed by atoms with Gasteiger partial charge in [0.2, 0.25) is 10.0 Å². The molecule has 6 nitrogen and oxygen atoms in total. The van der Waals surface area contributed by atoms with Crippen molar-refractivity contribution < 1.29 is 8.42 Å². The molecule has 0 bridgehead atoms. The number of hydrogen-bond acceptors (Lipinski definition) is 5. The Labute approximate surface area is 142 Å². The Morgan fingerprint density at radius 1 is 1.00 bits per heavy atom. The topological polar surface area (TPSA) is 75.2 Å². The maximum Gasteiger partial charge on any atom is 0.246 e. The van der Waals surface area contributed by atoms with Crippen LogP contribution in [0.25, 0.3) is 11.4 Å². The summed E-state index contributed by atoms with van der Waals surface area (Å²) in [5.41, 5.74) is 0.866. The minimum atomic E-state index is -3.52. The summed E-state index contributed by atoms with van der Waals surface area (Å²) in [5.74, 6) is 0.525. The number of hydrogen-bond donors (Lipinski definition) is 1. The van der Waals surface area contributed by atoms with E-state index in [0.29, 0.717) is 25.5 Å². The molecular weight excluding hydrogens is 336 g/mol. The van der Waals surface area contributed by atoms with Gasteiger partial charge < -0.3 is 5.32 Å². The summed E-state index contributed by atoms with van der Waals surface area (Å²) < 4.78 is 26.7. The number of rotatable bonds is 3. The molecule has 0 radical (unpaired) electrons. The van der Waals surface area contributed by atoms with Gasteiger partial charge >= 0.3 is 0 Å². The first kappa shape index (κ1) is 17.8. The number of halogens is 1. The predicted octanol–water partition coefficient (Wildman–Crippen LogP) is 1.55. The van der Waals surface area contributed by atoms with Crippen molar-refractivity contribution in [3.05, 3.63) is 42.7 Å². The van der Waals surface area contributed by atoms with Gasteiger partial charge in [0.1, 0.15) is 4.90 Å². The van der Waals surface area contributed by atoms with Gasteiger partial charge in [-0.2, -0.15) is 4.31 Å². The van der Waals surface area contributed by atoms with Crippen LogP contribution < -0.4 is 5.32 Å². The fourth-order valence-electron chi connectivity index (χ4n) is 2.40. The third-order valence-corrected chi connectivity index (χ3v) is 5.45. The summed E-state index contributed by atoms with van der Waals surface area (Å²) in [7, 11) is -3.52. The van der Waals surface area contributed by atoms with Crippen LogP contribution in [0.4, 0.5) is 0 Å². The van der Waals surface area contributed by atoms with Crippen LogP contribution in [0.15, 0.2) is 47.6 Å². The zero-order chi connectivity index (χ0) is 15.4. The third kappa shape index (κ3) is 4.06. The quantitative estimate of drug-likeness (QED) is 0.905. The molecular formula is C15H19ClN4O2S. The van der Waals surface area contributed by atoms with Gasteiger partial charge in [0.25, 0.3) is 0 Å². The van der Waals surface area contributed by atoms with Crippen LogP contribution in [0.5, 0.6) is 0 Å². The number of aromatic nitrogens is 2. The standard InChI is InChI=1S/C15H18N4O2S.ClH/c20-22(21,19-9-4-7-16-8-10-19)14-11-17-15(18-12-14)13-5-2-1-3-6-13;/h1-3,5-6,11-12,16H,4,7-10H2;1H. The van der Waals surface area contributed by atoms with Crippen molar-refractivity contribution in [2.75, 3.05) is 26.2 Å². The second-order valence-corrected chi connectivity index (χ2v) is 7.05. The van der Waals surface area contributed by atoms with Crippen LogP contribution in [0.1, 0.15) is 6.42 Å². The number of sulfonamides is 1. The molecule has 1 N–H and O–H groups in total. The van der Waals surface area contributed by atoms with E-state index in [0.717, 1.165) is 18.5 Å². The summed E-state index contributed by atoms with van der Waals surface area (Å²) in [6, 6.07) is 9.49. The zero-order valence-corrected chi connectivity index (χ0v) is 14.2. The van der Waals surface area contributed by atoms with Gasteiger partial charge in [-0.15, -0.1) is 12.4 Å². The molecule has 0 saturated carbocycles. The molecule has 0 aliphatic carbocycles. The van der Waals surface area contributed by atoms with Crippen molar-refractivity contribution in [1.82, 2.24) is 19.6 Å². The van der Waals surface area contributed by atoms with E-state index < -0.39 is 10.0 Å². The molecule has 124 valence electrons. The van der Waals surface area contributed by atoms with Gasteiger partial charge in [-0.1, -0.05) is 30.3 Å². The van der Waals surface area contributed by atoms with Gasteiger partial charge in [0, 0.05) is 25.2 Å². The summed E-state index contributed by atoms with van der Waals surface area (Å²) in [6.07, 6.45) is 3.59. The van der Waals surface area contributed by atoms with E-state index in [9.17, 15) is 8.42 Å². The number of nitrogens with zero attached hydrogens (tertiary/aromatic N) is 3. The SMILES string of the molecule is Cl.O=S(=O)(c1cnc(-c2ccccc2)nc1)N1CCCNCC1. The van der Waals surface area contributed by atoms with E-state index in [1.165, 1.54) is 16.7 Å². The number of nitrogens with one attached hydrogen (secondary N) is 1. The Kier molecular flexibility index (Phi) is 6.06. The monoisotopic (exact) mass is 354 g/mol.